The van der Waals surface area contributed by atoms with Crippen LogP contribution in [0.5, 0.6) is 5.75 Å². The van der Waals surface area contributed by atoms with E-state index in [1.165, 1.54) is 11.2 Å². The molecule has 3 aromatic rings. The standard InChI is InChI=1S/C29H31NO5/c1-4-5-15-34-23-9-6-8-22(17-23)27(31)25-26(21-13-11-20(12-14-21)19(2)3)30(29(33)28(25)32)18-24-10-7-16-35-24/h6-14,16-17,19,26,31H,4-5,15,18H2,1-3H3. The van der Waals surface area contributed by atoms with Gasteiger partial charge in [-0.3, -0.25) is 9.59 Å². The molecule has 0 radical (unpaired) electrons. The van der Waals surface area contributed by atoms with E-state index in [0.29, 0.717) is 29.6 Å². The lowest BCUT2D eigenvalue weighted by molar-refractivity contribution is -0.140. The third-order valence-electron chi connectivity index (χ3n) is 6.24. The van der Waals surface area contributed by atoms with Crippen molar-refractivity contribution in [2.24, 2.45) is 0 Å². The van der Waals surface area contributed by atoms with Gasteiger partial charge in [-0.1, -0.05) is 63.6 Å². The lowest BCUT2D eigenvalue weighted by Gasteiger charge is -2.25. The number of rotatable bonds is 9. The summed E-state index contributed by atoms with van der Waals surface area (Å²) in [6.45, 7) is 6.98. The van der Waals surface area contributed by atoms with Crippen LogP contribution in [0.3, 0.4) is 0 Å². The lowest BCUT2D eigenvalue weighted by atomic mass is 9.93. The molecule has 35 heavy (non-hydrogen) atoms. The summed E-state index contributed by atoms with van der Waals surface area (Å²) in [5.74, 6) is -0.106. The van der Waals surface area contributed by atoms with E-state index in [9.17, 15) is 14.7 Å². The molecule has 1 amide bonds. The number of carbonyl (C=O) groups excluding carboxylic acids is 2. The Morgan fingerprint density at radius 3 is 2.51 bits per heavy atom. The Morgan fingerprint density at radius 1 is 1.09 bits per heavy atom. The van der Waals surface area contributed by atoms with Gasteiger partial charge >= 0.3 is 0 Å². The SMILES string of the molecule is CCCCOc1cccc(C(O)=C2C(=O)C(=O)N(Cc3ccco3)C2c2ccc(C(C)C)cc2)c1. The molecule has 0 aliphatic carbocycles. The summed E-state index contributed by atoms with van der Waals surface area (Å²) >= 11 is 0. The molecule has 2 aromatic carbocycles. The van der Waals surface area contributed by atoms with E-state index >= 15 is 0 Å². The second-order valence-electron chi connectivity index (χ2n) is 9.06. The highest BCUT2D eigenvalue weighted by Crippen LogP contribution is 2.41. The molecule has 1 aliphatic heterocycles. The first-order valence-electron chi connectivity index (χ1n) is 12.0. The van der Waals surface area contributed by atoms with Gasteiger partial charge in [-0.25, -0.2) is 0 Å². The average Bonchev–Trinajstić information content (AvgIpc) is 3.46. The molecule has 2 heterocycles. The highest BCUT2D eigenvalue weighted by Gasteiger charge is 2.46. The van der Waals surface area contributed by atoms with Gasteiger partial charge in [0.05, 0.1) is 31.0 Å². The second kappa shape index (κ2) is 10.6. The van der Waals surface area contributed by atoms with Gasteiger partial charge in [0.25, 0.3) is 11.7 Å². The zero-order chi connectivity index (χ0) is 24.9. The van der Waals surface area contributed by atoms with E-state index < -0.39 is 17.7 Å². The first kappa shape index (κ1) is 24.3. The fourth-order valence-corrected chi connectivity index (χ4v) is 4.25. The fraction of sp³-hybridized carbons (Fsp3) is 0.310. The van der Waals surface area contributed by atoms with Crippen LogP contribution in [0.25, 0.3) is 5.76 Å². The number of Topliss-reactive ketones (excluding diaryl/α,β-unsaturated/α-hetero) is 1. The minimum Gasteiger partial charge on any atom is -0.507 e. The van der Waals surface area contributed by atoms with Crippen LogP contribution in [-0.4, -0.2) is 28.3 Å². The number of unbranched alkanes of at least 4 members (excludes halogenated alkanes) is 1. The Kier molecular flexibility index (Phi) is 7.39. The number of ether oxygens (including phenoxy) is 1. The molecule has 6 heteroatoms. The monoisotopic (exact) mass is 473 g/mol. The van der Waals surface area contributed by atoms with Crippen LogP contribution in [0.4, 0.5) is 0 Å². The molecular weight excluding hydrogens is 442 g/mol. The van der Waals surface area contributed by atoms with Gasteiger partial charge in [-0.2, -0.15) is 0 Å². The van der Waals surface area contributed by atoms with Crippen LogP contribution in [0.15, 0.2) is 76.9 Å². The largest absolute Gasteiger partial charge is 0.507 e. The maximum absolute atomic E-state index is 13.2. The predicted octanol–water partition coefficient (Wildman–Crippen LogP) is 6.20. The van der Waals surface area contributed by atoms with Crippen LogP contribution in [-0.2, 0) is 16.1 Å². The van der Waals surface area contributed by atoms with Crippen molar-refractivity contribution in [1.29, 1.82) is 0 Å². The number of aliphatic hydroxyl groups excluding tert-OH is 1. The molecular formula is C29H31NO5. The fourth-order valence-electron chi connectivity index (χ4n) is 4.25. The highest BCUT2D eigenvalue weighted by atomic mass is 16.5. The molecule has 6 nitrogen and oxygen atoms in total. The Labute approximate surface area is 205 Å². The summed E-state index contributed by atoms with van der Waals surface area (Å²) in [6.07, 6.45) is 3.46. The van der Waals surface area contributed by atoms with Crippen molar-refractivity contribution >= 4 is 17.4 Å². The second-order valence-corrected chi connectivity index (χ2v) is 9.06. The number of likely N-dealkylation sites (tertiary alicyclic amines) is 1. The molecule has 1 atom stereocenters. The number of hydrogen-bond donors (Lipinski definition) is 1. The number of hydrogen-bond acceptors (Lipinski definition) is 5. The molecule has 0 spiro atoms. The zero-order valence-corrected chi connectivity index (χ0v) is 20.4. The topological polar surface area (TPSA) is 80.0 Å². The summed E-state index contributed by atoms with van der Waals surface area (Å²) < 4.78 is 11.2. The van der Waals surface area contributed by atoms with Crippen LogP contribution >= 0.6 is 0 Å². The van der Waals surface area contributed by atoms with Crippen molar-refractivity contribution in [1.82, 2.24) is 4.90 Å². The third-order valence-corrected chi connectivity index (χ3v) is 6.24. The normalized spacial score (nSPS) is 17.4. The highest BCUT2D eigenvalue weighted by molar-refractivity contribution is 6.46. The Hall–Kier alpha value is -3.80. The smallest absolute Gasteiger partial charge is 0.296 e. The molecule has 1 N–H and O–H groups in total. The van der Waals surface area contributed by atoms with Gasteiger partial charge in [0.15, 0.2) is 0 Å². The molecule has 1 aromatic heterocycles. The zero-order valence-electron chi connectivity index (χ0n) is 20.4. The molecule has 182 valence electrons. The lowest BCUT2D eigenvalue weighted by Crippen LogP contribution is -2.29. The molecule has 0 saturated carbocycles. The minimum atomic E-state index is -0.744. The molecule has 0 bridgehead atoms. The van der Waals surface area contributed by atoms with Crippen molar-refractivity contribution in [3.8, 4) is 5.75 Å². The van der Waals surface area contributed by atoms with Gasteiger partial charge in [0, 0.05) is 5.56 Å². The van der Waals surface area contributed by atoms with Crippen LogP contribution < -0.4 is 4.74 Å². The quantitative estimate of drug-likeness (QED) is 0.173. The predicted molar refractivity (Wildman–Crippen MR) is 134 cm³/mol. The number of nitrogens with zero attached hydrogens (tertiary/aromatic N) is 1. The number of carbonyl (C=O) groups is 2. The van der Waals surface area contributed by atoms with E-state index in [2.05, 4.69) is 20.8 Å². The summed E-state index contributed by atoms with van der Waals surface area (Å²) in [4.78, 5) is 27.8. The van der Waals surface area contributed by atoms with Crippen molar-refractivity contribution < 1.29 is 23.8 Å². The van der Waals surface area contributed by atoms with E-state index in [4.69, 9.17) is 9.15 Å². The Morgan fingerprint density at radius 2 is 1.86 bits per heavy atom. The van der Waals surface area contributed by atoms with Gasteiger partial charge in [0.1, 0.15) is 17.3 Å². The van der Waals surface area contributed by atoms with E-state index in [-0.39, 0.29) is 17.9 Å². The first-order chi connectivity index (χ1) is 16.9. The maximum Gasteiger partial charge on any atom is 0.296 e. The minimum absolute atomic E-state index is 0.0598. The summed E-state index contributed by atoms with van der Waals surface area (Å²) in [5, 5.41) is 11.3. The Balaban J connectivity index is 1.78. The van der Waals surface area contributed by atoms with Crippen LogP contribution in [0, 0.1) is 0 Å². The molecule has 1 saturated heterocycles. The van der Waals surface area contributed by atoms with Gasteiger partial charge in [-0.15, -0.1) is 0 Å². The van der Waals surface area contributed by atoms with Crippen LogP contribution in [0.2, 0.25) is 0 Å². The van der Waals surface area contributed by atoms with Gasteiger partial charge in [-0.05, 0) is 47.7 Å². The summed E-state index contributed by atoms with van der Waals surface area (Å²) in [6, 6.07) is 17.6. The van der Waals surface area contributed by atoms with Crippen LogP contribution in [0.1, 0.15) is 68.0 Å². The Bertz CT molecular complexity index is 1210. The average molecular weight is 474 g/mol. The van der Waals surface area contributed by atoms with Crippen molar-refractivity contribution in [2.75, 3.05) is 6.61 Å². The number of furan rings is 1. The van der Waals surface area contributed by atoms with Gasteiger partial charge < -0.3 is 19.2 Å². The summed E-state index contributed by atoms with van der Waals surface area (Å²) in [5.41, 5.74) is 2.38. The number of amides is 1. The van der Waals surface area contributed by atoms with Crippen molar-refractivity contribution in [3.05, 3.63) is 95.0 Å². The van der Waals surface area contributed by atoms with E-state index in [0.717, 1.165) is 24.0 Å². The molecule has 1 unspecified atom stereocenters. The number of ketones is 1. The van der Waals surface area contributed by atoms with Crippen molar-refractivity contribution in [2.45, 2.75) is 52.1 Å². The number of benzene rings is 2. The number of aliphatic hydroxyl groups is 1. The van der Waals surface area contributed by atoms with Crippen molar-refractivity contribution in [3.63, 3.8) is 0 Å². The maximum atomic E-state index is 13.2. The summed E-state index contributed by atoms with van der Waals surface area (Å²) in [7, 11) is 0. The molecule has 1 fully saturated rings. The first-order valence-corrected chi connectivity index (χ1v) is 12.0. The van der Waals surface area contributed by atoms with E-state index in [1.807, 2.05) is 30.3 Å². The third kappa shape index (κ3) is 5.16. The van der Waals surface area contributed by atoms with Gasteiger partial charge in [0.2, 0.25) is 0 Å². The molecule has 1 aliphatic rings. The molecule has 4 rings (SSSR count). The van der Waals surface area contributed by atoms with E-state index in [1.54, 1.807) is 30.3 Å².